The molecule has 3 nitrogen and oxygen atoms in total. The highest BCUT2D eigenvalue weighted by atomic mass is 32.2. The lowest BCUT2D eigenvalue weighted by Crippen LogP contribution is -2.15. The summed E-state index contributed by atoms with van der Waals surface area (Å²) in [5.41, 5.74) is 0. The summed E-state index contributed by atoms with van der Waals surface area (Å²) in [7, 11) is -3.11. The summed E-state index contributed by atoms with van der Waals surface area (Å²) in [4.78, 5) is 10.8. The molecule has 0 heterocycles. The number of rotatable bonds is 4. The monoisotopic (exact) mass is 196 g/mol. The van der Waals surface area contributed by atoms with Gasteiger partial charge < -0.3 is 0 Å². The molecule has 0 saturated heterocycles. The first-order valence-corrected chi connectivity index (χ1v) is 6.18. The van der Waals surface area contributed by atoms with E-state index in [2.05, 4.69) is 0 Å². The van der Waals surface area contributed by atoms with E-state index in [1.807, 2.05) is 6.92 Å². The number of carbonyl (C=O) groups excluding carboxylic acids is 1. The Morgan fingerprint density at radius 2 is 1.91 bits per heavy atom. The van der Waals surface area contributed by atoms with Crippen molar-refractivity contribution in [2.24, 2.45) is 0 Å². The van der Waals surface area contributed by atoms with Crippen molar-refractivity contribution in [1.29, 1.82) is 0 Å². The van der Waals surface area contributed by atoms with Gasteiger partial charge in [0.2, 0.25) is 5.12 Å². The predicted molar refractivity (Wildman–Crippen MR) is 47.5 cm³/mol. The van der Waals surface area contributed by atoms with Gasteiger partial charge in [-0.2, -0.15) is 0 Å². The van der Waals surface area contributed by atoms with Crippen molar-refractivity contribution in [1.82, 2.24) is 0 Å². The molecule has 0 bridgehead atoms. The molecule has 0 aliphatic carbocycles. The molecular formula is C6H12O3S2. The first-order valence-electron chi connectivity index (χ1n) is 3.38. The Kier molecular flexibility index (Phi) is 4.76. The van der Waals surface area contributed by atoms with Crippen LogP contribution in [0, 0.1) is 0 Å². The average Bonchev–Trinajstić information content (AvgIpc) is 1.87. The molecule has 0 aromatic carbocycles. The third kappa shape index (κ3) is 5.26. The maximum atomic E-state index is 10.9. The van der Waals surface area contributed by atoms with Gasteiger partial charge in [-0.1, -0.05) is 25.6 Å². The summed E-state index contributed by atoms with van der Waals surface area (Å²) in [6.45, 7) is 3.36. The van der Waals surface area contributed by atoms with Crippen molar-refractivity contribution in [3.8, 4) is 0 Å². The first kappa shape index (κ1) is 11.0. The Labute approximate surface area is 71.5 Å². The van der Waals surface area contributed by atoms with Gasteiger partial charge in [0.05, 0.1) is 0 Å². The standard InChI is InChI=1S/C6H12O3S2/c1-3-10-6(7)5-11(8,9)4-2/h3-5H2,1-2H3. The molecular weight excluding hydrogens is 184 g/mol. The highest BCUT2D eigenvalue weighted by Crippen LogP contribution is 2.03. The van der Waals surface area contributed by atoms with Crippen molar-refractivity contribution in [2.45, 2.75) is 13.8 Å². The van der Waals surface area contributed by atoms with Crippen molar-refractivity contribution in [2.75, 3.05) is 17.3 Å². The minimum absolute atomic E-state index is 0.0447. The zero-order chi connectivity index (χ0) is 8.91. The summed E-state index contributed by atoms with van der Waals surface area (Å²) in [6.07, 6.45) is 0. The van der Waals surface area contributed by atoms with Crippen LogP contribution in [0.3, 0.4) is 0 Å². The molecule has 5 heteroatoms. The number of hydrogen-bond donors (Lipinski definition) is 0. The Morgan fingerprint density at radius 3 is 2.27 bits per heavy atom. The largest absolute Gasteiger partial charge is 0.286 e. The van der Waals surface area contributed by atoms with E-state index in [0.29, 0.717) is 5.75 Å². The molecule has 66 valence electrons. The lowest BCUT2D eigenvalue weighted by Gasteiger charge is -1.97. The van der Waals surface area contributed by atoms with Gasteiger partial charge in [-0.15, -0.1) is 0 Å². The van der Waals surface area contributed by atoms with E-state index in [1.165, 1.54) is 0 Å². The summed E-state index contributed by atoms with van der Waals surface area (Å²) < 4.78 is 21.7. The third-order valence-electron chi connectivity index (χ3n) is 1.08. The van der Waals surface area contributed by atoms with Crippen LogP contribution >= 0.6 is 11.8 Å². The highest BCUT2D eigenvalue weighted by Gasteiger charge is 2.13. The molecule has 0 N–H and O–H groups in total. The number of thioether (sulfide) groups is 1. The molecule has 0 aliphatic rings. The van der Waals surface area contributed by atoms with E-state index >= 15 is 0 Å². The maximum absolute atomic E-state index is 10.9. The van der Waals surface area contributed by atoms with Crippen LogP contribution in [-0.4, -0.2) is 30.8 Å². The Hall–Kier alpha value is -0.0300. The molecule has 0 aromatic heterocycles. The van der Waals surface area contributed by atoms with Crippen LogP contribution in [0.4, 0.5) is 0 Å². The van der Waals surface area contributed by atoms with Gasteiger partial charge >= 0.3 is 0 Å². The predicted octanol–water partition coefficient (Wildman–Crippen LogP) is 0.701. The fourth-order valence-electron chi connectivity index (χ4n) is 0.484. The van der Waals surface area contributed by atoms with Gasteiger partial charge in [0.25, 0.3) is 0 Å². The summed E-state index contributed by atoms with van der Waals surface area (Å²) in [5, 5.41) is -0.255. The molecule has 0 saturated carbocycles. The van der Waals surface area contributed by atoms with Gasteiger partial charge in [-0.05, 0) is 5.75 Å². The SMILES string of the molecule is CCSC(=O)CS(=O)(=O)CC. The van der Waals surface area contributed by atoms with Crippen molar-refractivity contribution < 1.29 is 13.2 Å². The second-order valence-corrected chi connectivity index (χ2v) is 5.66. The van der Waals surface area contributed by atoms with Gasteiger partial charge in [0, 0.05) is 5.75 Å². The Bertz CT molecular complexity index is 218. The van der Waals surface area contributed by atoms with Gasteiger partial charge in [-0.3, -0.25) is 4.79 Å². The second-order valence-electron chi connectivity index (χ2n) is 1.98. The molecule has 0 amide bonds. The summed E-state index contributed by atoms with van der Waals surface area (Å²) >= 11 is 1.06. The fourth-order valence-corrected chi connectivity index (χ4v) is 2.24. The molecule has 0 unspecified atom stereocenters. The van der Waals surface area contributed by atoms with E-state index in [0.717, 1.165) is 11.8 Å². The van der Waals surface area contributed by atoms with Crippen molar-refractivity contribution in [3.05, 3.63) is 0 Å². The van der Waals surface area contributed by atoms with E-state index in [1.54, 1.807) is 6.92 Å². The van der Waals surface area contributed by atoms with Crippen LogP contribution in [-0.2, 0) is 14.6 Å². The Balaban J connectivity index is 3.95. The normalized spacial score (nSPS) is 11.5. The molecule has 0 spiro atoms. The molecule has 0 aromatic rings. The summed E-state index contributed by atoms with van der Waals surface area (Å²) in [6, 6.07) is 0. The lowest BCUT2D eigenvalue weighted by molar-refractivity contribution is -0.108. The van der Waals surface area contributed by atoms with E-state index < -0.39 is 9.84 Å². The molecule has 11 heavy (non-hydrogen) atoms. The third-order valence-corrected chi connectivity index (χ3v) is 3.60. The minimum Gasteiger partial charge on any atom is -0.286 e. The summed E-state index contributed by atoms with van der Waals surface area (Å²) in [5.74, 6) is 0.364. The van der Waals surface area contributed by atoms with Gasteiger partial charge in [-0.25, -0.2) is 8.42 Å². The number of sulfone groups is 1. The molecule has 0 fully saturated rings. The van der Waals surface area contributed by atoms with Crippen molar-refractivity contribution in [3.63, 3.8) is 0 Å². The smallest absolute Gasteiger partial charge is 0.203 e. The highest BCUT2D eigenvalue weighted by molar-refractivity contribution is 8.15. The quantitative estimate of drug-likeness (QED) is 0.664. The van der Waals surface area contributed by atoms with Gasteiger partial charge in [0.15, 0.2) is 9.84 Å². The zero-order valence-electron chi connectivity index (χ0n) is 6.66. The maximum Gasteiger partial charge on any atom is 0.203 e. The van der Waals surface area contributed by atoms with Crippen LogP contribution in [0.5, 0.6) is 0 Å². The molecule has 0 radical (unpaired) electrons. The number of hydrogen-bond acceptors (Lipinski definition) is 4. The van der Waals surface area contributed by atoms with E-state index in [9.17, 15) is 13.2 Å². The zero-order valence-corrected chi connectivity index (χ0v) is 8.30. The van der Waals surface area contributed by atoms with Crippen LogP contribution in [0.2, 0.25) is 0 Å². The van der Waals surface area contributed by atoms with Crippen LogP contribution < -0.4 is 0 Å². The fraction of sp³-hybridized carbons (Fsp3) is 0.833. The first-order chi connectivity index (χ1) is 5.02. The van der Waals surface area contributed by atoms with Crippen LogP contribution in [0.25, 0.3) is 0 Å². The Morgan fingerprint density at radius 1 is 1.36 bits per heavy atom. The minimum atomic E-state index is -3.11. The average molecular weight is 196 g/mol. The van der Waals surface area contributed by atoms with Gasteiger partial charge in [0.1, 0.15) is 5.75 Å². The number of carbonyl (C=O) groups is 1. The van der Waals surface area contributed by atoms with E-state index in [4.69, 9.17) is 0 Å². The second kappa shape index (κ2) is 4.77. The molecule has 0 atom stereocenters. The topological polar surface area (TPSA) is 51.2 Å². The van der Waals surface area contributed by atoms with Crippen molar-refractivity contribution >= 4 is 26.7 Å². The molecule has 0 aliphatic heterocycles. The van der Waals surface area contributed by atoms with Crippen LogP contribution in [0.15, 0.2) is 0 Å². The van der Waals surface area contributed by atoms with E-state index in [-0.39, 0.29) is 16.6 Å². The lowest BCUT2D eigenvalue weighted by atomic mass is 10.9. The molecule has 0 rings (SSSR count). The van der Waals surface area contributed by atoms with Crippen LogP contribution in [0.1, 0.15) is 13.8 Å².